The molecule has 124 valence electrons. The highest BCUT2D eigenvalue weighted by atomic mass is 32.2. The van der Waals surface area contributed by atoms with Gasteiger partial charge >= 0.3 is 0 Å². The molecule has 0 radical (unpaired) electrons. The number of anilines is 2. The predicted octanol–water partition coefficient (Wildman–Crippen LogP) is 3.32. The third-order valence-corrected chi connectivity index (χ3v) is 5.31. The Morgan fingerprint density at radius 1 is 1.13 bits per heavy atom. The summed E-state index contributed by atoms with van der Waals surface area (Å²) >= 11 is 0. The van der Waals surface area contributed by atoms with E-state index >= 15 is 0 Å². The highest BCUT2D eigenvalue weighted by Crippen LogP contribution is 2.32. The molecule has 0 saturated carbocycles. The van der Waals surface area contributed by atoms with Crippen LogP contribution in [0.1, 0.15) is 19.8 Å². The normalized spacial score (nSPS) is 11.2. The molecular formula is C17H22N2O3S. The zero-order valence-corrected chi connectivity index (χ0v) is 14.2. The van der Waals surface area contributed by atoms with Gasteiger partial charge in [-0.15, -0.1) is 0 Å². The first-order valence-corrected chi connectivity index (χ1v) is 9.00. The van der Waals surface area contributed by atoms with Crippen LogP contribution in [0.4, 0.5) is 11.4 Å². The SMILES string of the molecule is CCCCNc1ccc(S(=O)(=O)c2ccc(N)cc2)c(OC)c1. The number of rotatable bonds is 7. The molecule has 0 aromatic heterocycles. The predicted molar refractivity (Wildman–Crippen MR) is 92.7 cm³/mol. The van der Waals surface area contributed by atoms with Crippen LogP contribution in [0.25, 0.3) is 0 Å². The Labute approximate surface area is 137 Å². The van der Waals surface area contributed by atoms with Gasteiger partial charge in [-0.3, -0.25) is 0 Å². The van der Waals surface area contributed by atoms with Crippen LogP contribution in [-0.2, 0) is 9.84 Å². The second-order valence-corrected chi connectivity index (χ2v) is 7.14. The van der Waals surface area contributed by atoms with Crippen LogP contribution in [0.3, 0.4) is 0 Å². The molecule has 0 saturated heterocycles. The first kappa shape index (κ1) is 17.1. The third kappa shape index (κ3) is 3.96. The summed E-state index contributed by atoms with van der Waals surface area (Å²) in [4.78, 5) is 0.336. The van der Waals surface area contributed by atoms with E-state index in [0.717, 1.165) is 25.1 Å². The van der Waals surface area contributed by atoms with Gasteiger partial charge in [0.25, 0.3) is 0 Å². The van der Waals surface area contributed by atoms with Crippen molar-refractivity contribution in [1.82, 2.24) is 0 Å². The molecule has 2 aromatic rings. The Morgan fingerprint density at radius 3 is 2.43 bits per heavy atom. The maximum atomic E-state index is 12.8. The number of nitrogens with one attached hydrogen (secondary N) is 1. The number of hydrogen-bond donors (Lipinski definition) is 2. The van der Waals surface area contributed by atoms with E-state index in [1.165, 1.54) is 19.2 Å². The fourth-order valence-electron chi connectivity index (χ4n) is 2.18. The quantitative estimate of drug-likeness (QED) is 0.599. The number of nitrogen functional groups attached to an aromatic ring is 1. The van der Waals surface area contributed by atoms with Gasteiger partial charge in [0.05, 0.1) is 12.0 Å². The Hall–Kier alpha value is -2.21. The lowest BCUT2D eigenvalue weighted by Gasteiger charge is -2.13. The molecule has 23 heavy (non-hydrogen) atoms. The van der Waals surface area contributed by atoms with Crippen LogP contribution in [-0.4, -0.2) is 22.1 Å². The van der Waals surface area contributed by atoms with E-state index in [1.54, 1.807) is 30.3 Å². The number of ether oxygens (including phenoxy) is 1. The standard InChI is InChI=1S/C17H22N2O3S/c1-3-4-11-19-14-7-10-17(16(12-14)22-2)23(20,21)15-8-5-13(18)6-9-15/h5-10,12,19H,3-4,11,18H2,1-2H3. The molecule has 0 aliphatic rings. The van der Waals surface area contributed by atoms with Gasteiger partial charge in [-0.25, -0.2) is 8.42 Å². The number of benzene rings is 2. The average molecular weight is 334 g/mol. The highest BCUT2D eigenvalue weighted by Gasteiger charge is 2.22. The molecule has 5 nitrogen and oxygen atoms in total. The number of unbranched alkanes of at least 4 members (excludes halogenated alkanes) is 1. The molecule has 0 aliphatic carbocycles. The van der Waals surface area contributed by atoms with E-state index in [0.29, 0.717) is 11.4 Å². The van der Waals surface area contributed by atoms with Crippen LogP contribution in [0.2, 0.25) is 0 Å². The molecule has 0 aliphatic heterocycles. The van der Waals surface area contributed by atoms with Gasteiger partial charge in [0.15, 0.2) is 0 Å². The molecule has 0 unspecified atom stereocenters. The Morgan fingerprint density at radius 2 is 1.83 bits per heavy atom. The summed E-state index contributed by atoms with van der Waals surface area (Å²) in [6.07, 6.45) is 2.14. The van der Waals surface area contributed by atoms with Crippen molar-refractivity contribution < 1.29 is 13.2 Å². The summed E-state index contributed by atoms with van der Waals surface area (Å²) in [5.74, 6) is 0.323. The zero-order valence-electron chi connectivity index (χ0n) is 13.4. The van der Waals surface area contributed by atoms with Crippen LogP contribution in [0, 0.1) is 0 Å². The molecule has 2 rings (SSSR count). The lowest BCUT2D eigenvalue weighted by molar-refractivity contribution is 0.403. The van der Waals surface area contributed by atoms with Crippen LogP contribution in [0.5, 0.6) is 5.75 Å². The summed E-state index contributed by atoms with van der Waals surface area (Å²) in [7, 11) is -2.18. The molecule has 3 N–H and O–H groups in total. The highest BCUT2D eigenvalue weighted by molar-refractivity contribution is 7.91. The Bertz CT molecular complexity index is 756. The van der Waals surface area contributed by atoms with Crippen molar-refractivity contribution in [2.45, 2.75) is 29.6 Å². The van der Waals surface area contributed by atoms with Gasteiger partial charge in [0.1, 0.15) is 10.6 Å². The van der Waals surface area contributed by atoms with Crippen LogP contribution in [0.15, 0.2) is 52.3 Å². The van der Waals surface area contributed by atoms with E-state index in [1.807, 2.05) is 0 Å². The Kier molecular flexibility index (Phi) is 5.50. The first-order chi connectivity index (χ1) is 11.0. The molecule has 0 atom stereocenters. The van der Waals surface area contributed by atoms with Crippen LogP contribution < -0.4 is 15.8 Å². The monoisotopic (exact) mass is 334 g/mol. The number of nitrogens with two attached hydrogens (primary N) is 1. The molecule has 6 heteroatoms. The number of methoxy groups -OCH3 is 1. The molecule has 0 fully saturated rings. The van der Waals surface area contributed by atoms with Gasteiger partial charge in [-0.05, 0) is 42.8 Å². The summed E-state index contributed by atoms with van der Waals surface area (Å²) in [5, 5.41) is 3.25. The first-order valence-electron chi connectivity index (χ1n) is 7.51. The minimum atomic E-state index is -3.65. The second-order valence-electron chi connectivity index (χ2n) is 5.22. The van der Waals surface area contributed by atoms with Gasteiger partial charge < -0.3 is 15.8 Å². The van der Waals surface area contributed by atoms with Crippen LogP contribution >= 0.6 is 0 Å². The lowest BCUT2D eigenvalue weighted by Crippen LogP contribution is -2.06. The Balaban J connectivity index is 2.36. The minimum Gasteiger partial charge on any atom is -0.495 e. The summed E-state index contributed by atoms with van der Waals surface area (Å²) < 4.78 is 30.8. The molecule has 0 heterocycles. The maximum Gasteiger partial charge on any atom is 0.210 e. The zero-order chi connectivity index (χ0) is 16.9. The van der Waals surface area contributed by atoms with E-state index in [-0.39, 0.29) is 9.79 Å². The second kappa shape index (κ2) is 7.37. The van der Waals surface area contributed by atoms with Crippen molar-refractivity contribution in [3.63, 3.8) is 0 Å². The van der Waals surface area contributed by atoms with Crippen molar-refractivity contribution in [3.8, 4) is 5.75 Å². The van der Waals surface area contributed by atoms with Gasteiger partial charge in [0, 0.05) is 24.0 Å². The molecular weight excluding hydrogens is 312 g/mol. The van der Waals surface area contributed by atoms with Gasteiger partial charge in [-0.1, -0.05) is 13.3 Å². The topological polar surface area (TPSA) is 81.4 Å². The summed E-state index contributed by atoms with van der Waals surface area (Å²) in [6, 6.07) is 11.2. The fourth-order valence-corrected chi connectivity index (χ4v) is 3.59. The summed E-state index contributed by atoms with van der Waals surface area (Å²) in [6.45, 7) is 2.95. The average Bonchev–Trinajstić information content (AvgIpc) is 2.55. The smallest absolute Gasteiger partial charge is 0.210 e. The molecule has 0 amide bonds. The lowest BCUT2D eigenvalue weighted by atomic mass is 10.2. The number of sulfone groups is 1. The molecule has 0 spiro atoms. The molecule has 0 bridgehead atoms. The largest absolute Gasteiger partial charge is 0.495 e. The van der Waals surface area contributed by atoms with E-state index in [2.05, 4.69) is 12.2 Å². The summed E-state index contributed by atoms with van der Waals surface area (Å²) in [5.41, 5.74) is 6.97. The van der Waals surface area contributed by atoms with Gasteiger partial charge in [-0.2, -0.15) is 0 Å². The van der Waals surface area contributed by atoms with E-state index in [9.17, 15) is 8.42 Å². The number of hydrogen-bond acceptors (Lipinski definition) is 5. The third-order valence-electron chi connectivity index (χ3n) is 3.50. The fraction of sp³-hybridized carbons (Fsp3) is 0.294. The van der Waals surface area contributed by atoms with Gasteiger partial charge in [0.2, 0.25) is 9.84 Å². The van der Waals surface area contributed by atoms with Crippen molar-refractivity contribution in [3.05, 3.63) is 42.5 Å². The maximum absolute atomic E-state index is 12.8. The minimum absolute atomic E-state index is 0.144. The van der Waals surface area contributed by atoms with Crippen molar-refractivity contribution in [2.24, 2.45) is 0 Å². The van der Waals surface area contributed by atoms with E-state index in [4.69, 9.17) is 10.5 Å². The van der Waals surface area contributed by atoms with Crippen molar-refractivity contribution >= 4 is 21.2 Å². The molecule has 2 aromatic carbocycles. The van der Waals surface area contributed by atoms with Crippen molar-refractivity contribution in [2.75, 3.05) is 24.7 Å². The van der Waals surface area contributed by atoms with E-state index < -0.39 is 9.84 Å². The van der Waals surface area contributed by atoms with Crippen molar-refractivity contribution in [1.29, 1.82) is 0 Å².